The summed E-state index contributed by atoms with van der Waals surface area (Å²) < 4.78 is 39.6. The van der Waals surface area contributed by atoms with E-state index >= 15 is 0 Å². The molecule has 0 saturated carbocycles. The fourth-order valence-electron chi connectivity index (χ4n) is 2.11. The van der Waals surface area contributed by atoms with Crippen molar-refractivity contribution in [3.63, 3.8) is 0 Å². The Kier molecular flexibility index (Phi) is 7.14. The molecule has 0 unspecified atom stereocenters. The first-order valence-corrected chi connectivity index (χ1v) is 8.56. The van der Waals surface area contributed by atoms with Crippen LogP contribution >= 0.6 is 23.2 Å². The van der Waals surface area contributed by atoms with E-state index in [0.717, 1.165) is 18.0 Å². The Labute approximate surface area is 164 Å². The first kappa shape index (κ1) is 21.1. The molecular weight excluding hydrogens is 406 g/mol. The second kappa shape index (κ2) is 9.14. The second-order valence-electron chi connectivity index (χ2n) is 5.38. The first-order valence-electron chi connectivity index (χ1n) is 7.80. The monoisotopic (exact) mass is 423 g/mol. The van der Waals surface area contributed by atoms with Crippen LogP contribution in [0.4, 0.5) is 19.1 Å². The maximum absolute atomic E-state index is 12.6. The number of aromatic nitrogens is 3. The van der Waals surface area contributed by atoms with E-state index in [1.165, 1.54) is 0 Å². The van der Waals surface area contributed by atoms with Crippen molar-refractivity contribution in [3.05, 3.63) is 39.9 Å². The van der Waals surface area contributed by atoms with E-state index in [1.54, 1.807) is 24.7 Å². The van der Waals surface area contributed by atoms with E-state index in [0.29, 0.717) is 35.8 Å². The molecule has 0 fully saturated rings. The van der Waals surface area contributed by atoms with Crippen molar-refractivity contribution < 1.29 is 13.2 Å². The Morgan fingerprint density at radius 2 is 2.00 bits per heavy atom. The fraction of sp³-hybridized carbons (Fsp3) is 0.400. The number of nitrogens with one attached hydrogen (secondary N) is 3. The van der Waals surface area contributed by atoms with Gasteiger partial charge < -0.3 is 20.5 Å². The van der Waals surface area contributed by atoms with Gasteiger partial charge in [0.25, 0.3) is 0 Å². The Morgan fingerprint density at radius 1 is 1.26 bits per heavy atom. The molecule has 0 spiro atoms. The van der Waals surface area contributed by atoms with E-state index in [4.69, 9.17) is 23.2 Å². The molecule has 3 N–H and O–H groups in total. The van der Waals surface area contributed by atoms with Gasteiger partial charge in [0.15, 0.2) is 5.96 Å². The summed E-state index contributed by atoms with van der Waals surface area (Å²) in [7, 11) is 3.39. The standard InChI is InChI=1S/C15H18Cl2F3N7/c1-21-13(25-8-9-7-10(16)12(17)27(9)2)23-5-6-24-14-22-4-3-11(26-14)15(18,19)20/h3-4,7H,5-6,8H2,1-2H3,(H2,21,23,25)(H,22,24,26). The molecular formula is C15H18Cl2F3N7. The van der Waals surface area contributed by atoms with Gasteiger partial charge >= 0.3 is 6.18 Å². The third kappa shape index (κ3) is 5.90. The summed E-state index contributed by atoms with van der Waals surface area (Å²) in [5.41, 5.74) is -0.131. The van der Waals surface area contributed by atoms with Crippen molar-refractivity contribution in [2.24, 2.45) is 12.0 Å². The largest absolute Gasteiger partial charge is 0.433 e. The van der Waals surface area contributed by atoms with Gasteiger partial charge in [0, 0.05) is 39.1 Å². The van der Waals surface area contributed by atoms with E-state index in [9.17, 15) is 13.2 Å². The summed E-state index contributed by atoms with van der Waals surface area (Å²) in [6.45, 7) is 1.12. The highest BCUT2D eigenvalue weighted by molar-refractivity contribution is 6.41. The van der Waals surface area contributed by atoms with Gasteiger partial charge in [-0.25, -0.2) is 9.97 Å². The molecule has 0 amide bonds. The van der Waals surface area contributed by atoms with Crippen molar-refractivity contribution >= 4 is 35.1 Å². The van der Waals surface area contributed by atoms with Crippen LogP contribution in [-0.4, -0.2) is 40.6 Å². The molecule has 0 aromatic carbocycles. The summed E-state index contributed by atoms with van der Waals surface area (Å²) in [5.74, 6) is 0.415. The van der Waals surface area contributed by atoms with Crippen molar-refractivity contribution in [2.75, 3.05) is 25.5 Å². The smallest absolute Gasteiger partial charge is 0.355 e. The van der Waals surface area contributed by atoms with E-state index < -0.39 is 11.9 Å². The minimum absolute atomic E-state index is 0.0948. The van der Waals surface area contributed by atoms with Crippen LogP contribution in [0.1, 0.15) is 11.4 Å². The second-order valence-corrected chi connectivity index (χ2v) is 6.14. The zero-order valence-electron chi connectivity index (χ0n) is 14.5. The molecule has 0 atom stereocenters. The Hall–Kier alpha value is -2.20. The molecule has 0 radical (unpaired) electrons. The topological polar surface area (TPSA) is 79.2 Å². The highest BCUT2D eigenvalue weighted by atomic mass is 35.5. The number of rotatable bonds is 6. The highest BCUT2D eigenvalue weighted by Gasteiger charge is 2.32. The number of aliphatic imine (C=N–C) groups is 1. The summed E-state index contributed by atoms with van der Waals surface area (Å²) in [6.07, 6.45) is -3.45. The molecule has 0 saturated heterocycles. The van der Waals surface area contributed by atoms with Crippen molar-refractivity contribution in [2.45, 2.75) is 12.7 Å². The molecule has 12 heteroatoms. The Morgan fingerprint density at radius 3 is 2.59 bits per heavy atom. The van der Waals surface area contributed by atoms with Gasteiger partial charge in [0.05, 0.1) is 11.6 Å². The molecule has 2 heterocycles. The molecule has 0 bridgehead atoms. The van der Waals surface area contributed by atoms with Gasteiger partial charge in [-0.2, -0.15) is 13.2 Å². The molecule has 2 aromatic heterocycles. The average Bonchev–Trinajstić information content (AvgIpc) is 2.87. The van der Waals surface area contributed by atoms with Crippen molar-refractivity contribution in [1.29, 1.82) is 0 Å². The lowest BCUT2D eigenvalue weighted by Crippen LogP contribution is -2.39. The Balaban J connectivity index is 1.79. The third-order valence-corrected chi connectivity index (χ3v) is 4.36. The zero-order chi connectivity index (χ0) is 20.0. The number of nitrogens with zero attached hydrogens (tertiary/aromatic N) is 4. The minimum Gasteiger partial charge on any atom is -0.355 e. The van der Waals surface area contributed by atoms with Gasteiger partial charge in [-0.15, -0.1) is 0 Å². The molecule has 0 aliphatic heterocycles. The Bertz CT molecular complexity index is 805. The van der Waals surface area contributed by atoms with E-state index in [2.05, 4.69) is 30.9 Å². The van der Waals surface area contributed by atoms with Crippen LogP contribution in [0.3, 0.4) is 0 Å². The summed E-state index contributed by atoms with van der Waals surface area (Å²) in [5, 5.41) is 9.74. The normalized spacial score (nSPS) is 12.2. The minimum atomic E-state index is -4.51. The quantitative estimate of drug-likeness (QED) is 0.378. The van der Waals surface area contributed by atoms with Gasteiger partial charge in [0.2, 0.25) is 5.95 Å². The molecule has 148 valence electrons. The molecule has 0 aliphatic carbocycles. The lowest BCUT2D eigenvalue weighted by Gasteiger charge is -2.13. The number of halogens is 5. The van der Waals surface area contributed by atoms with Crippen LogP contribution in [0.5, 0.6) is 0 Å². The molecule has 7 nitrogen and oxygen atoms in total. The van der Waals surface area contributed by atoms with Crippen LogP contribution in [0.15, 0.2) is 23.3 Å². The highest BCUT2D eigenvalue weighted by Crippen LogP contribution is 2.27. The number of alkyl halides is 3. The van der Waals surface area contributed by atoms with Crippen LogP contribution < -0.4 is 16.0 Å². The van der Waals surface area contributed by atoms with Crippen LogP contribution in [0.25, 0.3) is 0 Å². The van der Waals surface area contributed by atoms with Gasteiger partial charge in [0.1, 0.15) is 10.8 Å². The van der Waals surface area contributed by atoms with Crippen molar-refractivity contribution in [3.8, 4) is 0 Å². The molecule has 2 aromatic rings. The summed E-state index contributed by atoms with van der Waals surface area (Å²) >= 11 is 12.0. The number of hydrogen-bond acceptors (Lipinski definition) is 4. The number of guanidine groups is 1. The third-order valence-electron chi connectivity index (χ3n) is 3.52. The first-order chi connectivity index (χ1) is 12.7. The van der Waals surface area contributed by atoms with Crippen LogP contribution in [0.2, 0.25) is 10.2 Å². The number of anilines is 1. The van der Waals surface area contributed by atoms with E-state index in [1.807, 2.05) is 0 Å². The molecule has 2 rings (SSSR count). The predicted molar refractivity (Wildman–Crippen MR) is 99.2 cm³/mol. The number of hydrogen-bond donors (Lipinski definition) is 3. The SMILES string of the molecule is CN=C(NCCNc1nccc(C(F)(F)F)n1)NCc1cc(Cl)c(Cl)n1C. The molecule has 27 heavy (non-hydrogen) atoms. The van der Waals surface area contributed by atoms with Gasteiger partial charge in [-0.3, -0.25) is 4.99 Å². The lowest BCUT2D eigenvalue weighted by molar-refractivity contribution is -0.141. The maximum Gasteiger partial charge on any atom is 0.433 e. The van der Waals surface area contributed by atoms with Gasteiger partial charge in [-0.05, 0) is 12.1 Å². The van der Waals surface area contributed by atoms with Crippen molar-refractivity contribution in [1.82, 2.24) is 25.2 Å². The van der Waals surface area contributed by atoms with Crippen LogP contribution in [0, 0.1) is 0 Å². The summed E-state index contributed by atoms with van der Waals surface area (Å²) in [6, 6.07) is 2.56. The average molecular weight is 424 g/mol. The van der Waals surface area contributed by atoms with Crippen LogP contribution in [-0.2, 0) is 19.8 Å². The predicted octanol–water partition coefficient (Wildman–Crippen LogP) is 2.92. The summed E-state index contributed by atoms with van der Waals surface area (Å²) in [4.78, 5) is 11.3. The lowest BCUT2D eigenvalue weighted by atomic mass is 10.4. The molecule has 0 aliphatic rings. The zero-order valence-corrected chi connectivity index (χ0v) is 16.0. The van der Waals surface area contributed by atoms with Gasteiger partial charge in [-0.1, -0.05) is 23.2 Å². The fourth-order valence-corrected chi connectivity index (χ4v) is 2.53. The van der Waals surface area contributed by atoms with E-state index in [-0.39, 0.29) is 5.95 Å². The maximum atomic E-state index is 12.6.